The fourth-order valence-electron chi connectivity index (χ4n) is 1.20. The van der Waals surface area contributed by atoms with Crippen LogP contribution < -0.4 is 15.4 Å². The first-order chi connectivity index (χ1) is 9.19. The van der Waals surface area contributed by atoms with E-state index in [0.717, 1.165) is 6.07 Å². The van der Waals surface area contributed by atoms with Crippen molar-refractivity contribution in [2.45, 2.75) is 19.3 Å². The number of hydrogen-bond acceptors (Lipinski definition) is 3. The molecule has 0 bridgehead atoms. The Morgan fingerprint density at radius 3 is 2.45 bits per heavy atom. The van der Waals surface area contributed by atoms with Gasteiger partial charge < -0.3 is 20.5 Å². The van der Waals surface area contributed by atoms with Gasteiger partial charge in [-0.3, -0.25) is 4.79 Å². The topological polar surface area (TPSA) is 87.7 Å². The van der Waals surface area contributed by atoms with Crippen LogP contribution in [0.25, 0.3) is 0 Å². The highest BCUT2D eigenvalue weighted by Gasteiger charge is 2.32. The van der Waals surface area contributed by atoms with Crippen molar-refractivity contribution in [3.8, 4) is 5.75 Å². The molecule has 1 atom stereocenters. The van der Waals surface area contributed by atoms with Crippen molar-refractivity contribution in [2.24, 2.45) is 0 Å². The quantitative estimate of drug-likeness (QED) is 0.793. The van der Waals surface area contributed by atoms with Gasteiger partial charge in [-0.2, -0.15) is 0 Å². The molecule has 0 radical (unpaired) electrons. The summed E-state index contributed by atoms with van der Waals surface area (Å²) >= 11 is 0. The van der Waals surface area contributed by atoms with E-state index in [1.54, 1.807) is 0 Å². The molecule has 2 amide bonds. The Balaban J connectivity index is 2.77. The molecule has 0 fully saturated rings. The van der Waals surface area contributed by atoms with Crippen molar-refractivity contribution in [3.05, 3.63) is 24.3 Å². The Bertz CT molecular complexity index is 505. The predicted octanol–water partition coefficient (Wildman–Crippen LogP) is 2.18. The maximum atomic E-state index is 12.1. The van der Waals surface area contributed by atoms with E-state index < -0.39 is 30.2 Å². The molecule has 0 saturated heterocycles. The van der Waals surface area contributed by atoms with Gasteiger partial charge in [-0.05, 0) is 19.1 Å². The number of ether oxygens (including phenoxy) is 1. The molecular formula is C11H11F3N2O4. The molecule has 0 aliphatic carbocycles. The third kappa shape index (κ3) is 5.04. The Morgan fingerprint density at radius 2 is 1.90 bits per heavy atom. The Kier molecular flexibility index (Phi) is 4.78. The Hall–Kier alpha value is -2.45. The van der Waals surface area contributed by atoms with Crippen LogP contribution in [-0.4, -0.2) is 29.5 Å². The van der Waals surface area contributed by atoms with Crippen molar-refractivity contribution in [1.82, 2.24) is 5.32 Å². The zero-order valence-corrected chi connectivity index (χ0v) is 10.2. The van der Waals surface area contributed by atoms with E-state index in [1.165, 1.54) is 25.1 Å². The minimum atomic E-state index is -4.90. The standard InChI is InChI=1S/C11H11F3N2O4/c1-6(9(17)18)15-10(19)16-7-4-2-3-5-8(7)20-11(12,13)14/h2-6H,1H3,(H,17,18)(H2,15,16,19). The van der Waals surface area contributed by atoms with Crippen molar-refractivity contribution >= 4 is 17.7 Å². The van der Waals surface area contributed by atoms with E-state index in [0.29, 0.717) is 0 Å². The lowest BCUT2D eigenvalue weighted by Gasteiger charge is -2.15. The van der Waals surface area contributed by atoms with Gasteiger partial charge in [-0.15, -0.1) is 13.2 Å². The number of alkyl halides is 3. The second-order valence-electron chi connectivity index (χ2n) is 3.70. The van der Waals surface area contributed by atoms with Gasteiger partial charge in [0.05, 0.1) is 5.69 Å². The highest BCUT2D eigenvalue weighted by atomic mass is 19.4. The second kappa shape index (κ2) is 6.13. The molecule has 6 nitrogen and oxygen atoms in total. The number of carbonyl (C=O) groups is 2. The van der Waals surface area contributed by atoms with Crippen molar-refractivity contribution in [2.75, 3.05) is 5.32 Å². The lowest BCUT2D eigenvalue weighted by Crippen LogP contribution is -2.41. The van der Waals surface area contributed by atoms with E-state index in [9.17, 15) is 22.8 Å². The summed E-state index contributed by atoms with van der Waals surface area (Å²) in [6.45, 7) is 1.21. The fraction of sp³-hybridized carbons (Fsp3) is 0.273. The molecule has 20 heavy (non-hydrogen) atoms. The number of carbonyl (C=O) groups excluding carboxylic acids is 1. The number of benzene rings is 1. The largest absolute Gasteiger partial charge is 0.573 e. The Morgan fingerprint density at radius 1 is 1.30 bits per heavy atom. The number of urea groups is 1. The fourth-order valence-corrected chi connectivity index (χ4v) is 1.20. The third-order valence-electron chi connectivity index (χ3n) is 2.08. The minimum Gasteiger partial charge on any atom is -0.480 e. The molecule has 0 heterocycles. The number of nitrogens with one attached hydrogen (secondary N) is 2. The van der Waals surface area contributed by atoms with Crippen LogP contribution in [0.5, 0.6) is 5.75 Å². The zero-order chi connectivity index (χ0) is 15.3. The first kappa shape index (κ1) is 15.6. The molecule has 9 heteroatoms. The SMILES string of the molecule is CC(NC(=O)Nc1ccccc1OC(F)(F)F)C(=O)O. The summed E-state index contributed by atoms with van der Waals surface area (Å²) < 4.78 is 40.2. The highest BCUT2D eigenvalue weighted by molar-refractivity contribution is 5.93. The molecule has 1 rings (SSSR count). The molecule has 110 valence electrons. The van der Waals surface area contributed by atoms with E-state index in [1.807, 2.05) is 5.32 Å². The molecule has 0 aliphatic rings. The van der Waals surface area contributed by atoms with Crippen molar-refractivity contribution in [3.63, 3.8) is 0 Å². The van der Waals surface area contributed by atoms with Gasteiger partial charge in [0.25, 0.3) is 0 Å². The summed E-state index contributed by atoms with van der Waals surface area (Å²) in [6, 6.07) is 2.74. The maximum absolute atomic E-state index is 12.1. The first-order valence-electron chi connectivity index (χ1n) is 5.34. The molecule has 0 saturated carbocycles. The molecule has 1 aromatic carbocycles. The zero-order valence-electron chi connectivity index (χ0n) is 10.2. The average molecular weight is 292 g/mol. The summed E-state index contributed by atoms with van der Waals surface area (Å²) in [7, 11) is 0. The third-order valence-corrected chi connectivity index (χ3v) is 2.08. The van der Waals surface area contributed by atoms with Crippen molar-refractivity contribution < 1.29 is 32.6 Å². The average Bonchev–Trinajstić information content (AvgIpc) is 2.29. The number of halogens is 3. The number of rotatable bonds is 4. The molecule has 0 aliphatic heterocycles. The minimum absolute atomic E-state index is 0.236. The van der Waals surface area contributed by atoms with Gasteiger partial charge in [0.1, 0.15) is 6.04 Å². The van der Waals surface area contributed by atoms with Crippen LogP contribution in [0, 0.1) is 0 Å². The van der Waals surface area contributed by atoms with Crippen molar-refractivity contribution in [1.29, 1.82) is 0 Å². The summed E-state index contributed by atoms with van der Waals surface area (Å²) in [6.07, 6.45) is -4.90. The second-order valence-corrected chi connectivity index (χ2v) is 3.70. The van der Waals surface area contributed by atoms with Crippen LogP contribution >= 0.6 is 0 Å². The van der Waals surface area contributed by atoms with Crippen LogP contribution in [0.1, 0.15) is 6.92 Å². The van der Waals surface area contributed by atoms with Crippen LogP contribution in [0.3, 0.4) is 0 Å². The van der Waals surface area contributed by atoms with Gasteiger partial charge in [0.2, 0.25) is 0 Å². The molecule has 1 aromatic rings. The van der Waals surface area contributed by atoms with Gasteiger partial charge in [-0.25, -0.2) is 4.79 Å². The molecule has 3 N–H and O–H groups in total. The molecule has 0 spiro atoms. The van der Waals surface area contributed by atoms with Gasteiger partial charge in [0.15, 0.2) is 5.75 Å². The lowest BCUT2D eigenvalue weighted by atomic mass is 10.3. The number of amides is 2. The smallest absolute Gasteiger partial charge is 0.480 e. The number of hydrogen-bond donors (Lipinski definition) is 3. The number of aliphatic carboxylic acids is 1. The van der Waals surface area contributed by atoms with Crippen LogP contribution in [-0.2, 0) is 4.79 Å². The van der Waals surface area contributed by atoms with Gasteiger partial charge in [0, 0.05) is 0 Å². The number of carboxylic acid groups (broad SMARTS) is 1. The van der Waals surface area contributed by atoms with Gasteiger partial charge >= 0.3 is 18.4 Å². The van der Waals surface area contributed by atoms with E-state index in [4.69, 9.17) is 5.11 Å². The number of anilines is 1. The van der Waals surface area contributed by atoms with Crippen LogP contribution in [0.2, 0.25) is 0 Å². The van der Waals surface area contributed by atoms with E-state index >= 15 is 0 Å². The Labute approximate surface area is 111 Å². The summed E-state index contributed by atoms with van der Waals surface area (Å²) in [5, 5.41) is 12.7. The predicted molar refractivity (Wildman–Crippen MR) is 62.4 cm³/mol. The normalized spacial score (nSPS) is 12.4. The summed E-state index contributed by atoms with van der Waals surface area (Å²) in [5.74, 6) is -1.88. The van der Waals surface area contributed by atoms with E-state index in [-0.39, 0.29) is 5.69 Å². The highest BCUT2D eigenvalue weighted by Crippen LogP contribution is 2.29. The summed E-state index contributed by atoms with van der Waals surface area (Å²) in [4.78, 5) is 21.9. The molecular weight excluding hydrogens is 281 g/mol. The maximum Gasteiger partial charge on any atom is 0.573 e. The monoisotopic (exact) mass is 292 g/mol. The lowest BCUT2D eigenvalue weighted by molar-refractivity contribution is -0.274. The molecule has 1 unspecified atom stereocenters. The number of para-hydroxylation sites is 2. The van der Waals surface area contributed by atoms with E-state index in [2.05, 4.69) is 10.1 Å². The van der Waals surface area contributed by atoms with Gasteiger partial charge in [-0.1, -0.05) is 12.1 Å². The van der Waals surface area contributed by atoms with Crippen LogP contribution in [0.4, 0.5) is 23.7 Å². The molecule has 0 aromatic heterocycles. The first-order valence-corrected chi connectivity index (χ1v) is 5.34. The number of carboxylic acids is 1. The van der Waals surface area contributed by atoms with Crippen LogP contribution in [0.15, 0.2) is 24.3 Å². The summed E-state index contributed by atoms with van der Waals surface area (Å²) in [5.41, 5.74) is -0.236.